The number of rotatable bonds is 9. The van der Waals surface area contributed by atoms with E-state index < -0.39 is 24.0 Å². The van der Waals surface area contributed by atoms with Crippen molar-refractivity contribution in [1.82, 2.24) is 10.7 Å². The van der Waals surface area contributed by atoms with Crippen molar-refractivity contribution >= 4 is 64.4 Å². The molecule has 172 valence electrons. The van der Waals surface area contributed by atoms with Crippen LogP contribution in [0.2, 0.25) is 20.1 Å². The van der Waals surface area contributed by atoms with E-state index in [1.165, 1.54) is 12.3 Å². The molecule has 0 saturated carbocycles. The van der Waals surface area contributed by atoms with Crippen LogP contribution in [0.1, 0.15) is 32.8 Å². The van der Waals surface area contributed by atoms with Crippen LogP contribution < -0.4 is 15.5 Å². The van der Waals surface area contributed by atoms with Gasteiger partial charge in [-0.05, 0) is 49.6 Å². The Morgan fingerprint density at radius 2 is 1.59 bits per heavy atom. The molecule has 2 atom stereocenters. The molecular formula is C22H23Cl4N3O3. The van der Waals surface area contributed by atoms with E-state index in [4.69, 9.17) is 51.1 Å². The molecule has 0 aliphatic heterocycles. The predicted octanol–water partition coefficient (Wildman–Crippen LogP) is 5.75. The van der Waals surface area contributed by atoms with Crippen LogP contribution in [-0.4, -0.2) is 30.2 Å². The molecule has 6 nitrogen and oxygen atoms in total. The standard InChI is InChI=1S/C22H23Cl4N3O3/c1-12(2)8-19(22(31)29-27-11-14-4-5-15(23)9-17(14)25)28-21(30)13(3)32-20-7-6-16(24)10-18(20)26/h4-7,9-13,19H,8H2,1-3H3,(H,28,30)(H,29,31)/b27-11-/t13-,19-/m1/s1. The van der Waals surface area contributed by atoms with E-state index in [9.17, 15) is 9.59 Å². The van der Waals surface area contributed by atoms with Crippen LogP contribution in [-0.2, 0) is 9.59 Å². The van der Waals surface area contributed by atoms with E-state index in [2.05, 4.69) is 15.8 Å². The first-order valence-corrected chi connectivity index (χ1v) is 11.3. The van der Waals surface area contributed by atoms with Gasteiger partial charge < -0.3 is 10.1 Å². The average molecular weight is 519 g/mol. The van der Waals surface area contributed by atoms with Crippen LogP contribution in [0.5, 0.6) is 5.75 Å². The quantitative estimate of drug-likeness (QED) is 0.327. The Hall–Kier alpha value is -1.99. The highest BCUT2D eigenvalue weighted by Crippen LogP contribution is 2.28. The minimum absolute atomic E-state index is 0.141. The lowest BCUT2D eigenvalue weighted by molar-refractivity contribution is -0.132. The molecular weight excluding hydrogens is 496 g/mol. The van der Waals surface area contributed by atoms with Crippen LogP contribution in [0.4, 0.5) is 0 Å². The number of nitrogens with zero attached hydrogens (tertiary/aromatic N) is 1. The summed E-state index contributed by atoms with van der Waals surface area (Å²) in [6, 6.07) is 8.79. The van der Waals surface area contributed by atoms with Gasteiger partial charge in [-0.15, -0.1) is 0 Å². The summed E-state index contributed by atoms with van der Waals surface area (Å²) in [4.78, 5) is 25.3. The Morgan fingerprint density at radius 3 is 2.19 bits per heavy atom. The van der Waals surface area contributed by atoms with Crippen LogP contribution >= 0.6 is 46.4 Å². The second kappa shape index (κ2) is 12.3. The summed E-state index contributed by atoms with van der Waals surface area (Å²) in [7, 11) is 0. The zero-order valence-corrected chi connectivity index (χ0v) is 20.7. The molecule has 2 N–H and O–H groups in total. The van der Waals surface area contributed by atoms with Crippen molar-refractivity contribution in [2.45, 2.75) is 39.3 Å². The van der Waals surface area contributed by atoms with Crippen LogP contribution in [0.25, 0.3) is 0 Å². The van der Waals surface area contributed by atoms with E-state index in [0.29, 0.717) is 32.8 Å². The van der Waals surface area contributed by atoms with Crippen molar-refractivity contribution in [3.05, 3.63) is 62.1 Å². The molecule has 0 bridgehead atoms. The molecule has 0 fully saturated rings. The third-order valence-electron chi connectivity index (χ3n) is 4.25. The van der Waals surface area contributed by atoms with Gasteiger partial charge >= 0.3 is 0 Å². The van der Waals surface area contributed by atoms with Gasteiger partial charge in [-0.25, -0.2) is 5.43 Å². The summed E-state index contributed by atoms with van der Waals surface area (Å²) in [5.74, 6) is -0.484. The smallest absolute Gasteiger partial charge is 0.262 e. The summed E-state index contributed by atoms with van der Waals surface area (Å²) >= 11 is 23.9. The molecule has 0 unspecified atom stereocenters. The first kappa shape index (κ1) is 26.3. The van der Waals surface area contributed by atoms with Crippen molar-refractivity contribution in [2.75, 3.05) is 0 Å². The first-order valence-electron chi connectivity index (χ1n) is 9.77. The summed E-state index contributed by atoms with van der Waals surface area (Å²) < 4.78 is 5.62. The highest BCUT2D eigenvalue weighted by Gasteiger charge is 2.25. The van der Waals surface area contributed by atoms with Gasteiger partial charge in [0.25, 0.3) is 11.8 Å². The second-order valence-corrected chi connectivity index (χ2v) is 9.11. The summed E-state index contributed by atoms with van der Waals surface area (Å²) in [6.45, 7) is 5.44. The maximum Gasteiger partial charge on any atom is 0.262 e. The Kier molecular flexibility index (Phi) is 10.1. The minimum Gasteiger partial charge on any atom is -0.479 e. The fourth-order valence-corrected chi connectivity index (χ4v) is 3.57. The number of amides is 2. The Morgan fingerprint density at radius 1 is 0.969 bits per heavy atom. The van der Waals surface area contributed by atoms with E-state index in [1.807, 2.05) is 13.8 Å². The molecule has 32 heavy (non-hydrogen) atoms. The van der Waals surface area contributed by atoms with Crippen LogP contribution in [0.15, 0.2) is 41.5 Å². The number of halogens is 4. The van der Waals surface area contributed by atoms with Gasteiger partial charge in [0.15, 0.2) is 6.10 Å². The van der Waals surface area contributed by atoms with Gasteiger partial charge in [-0.2, -0.15) is 5.10 Å². The number of carbonyl (C=O) groups excluding carboxylic acids is 2. The lowest BCUT2D eigenvalue weighted by atomic mass is 10.0. The van der Waals surface area contributed by atoms with Gasteiger partial charge in [-0.3, -0.25) is 9.59 Å². The second-order valence-electron chi connectivity index (χ2n) is 7.43. The van der Waals surface area contributed by atoms with E-state index in [0.717, 1.165) is 0 Å². The number of carbonyl (C=O) groups is 2. The maximum atomic E-state index is 12.6. The van der Waals surface area contributed by atoms with Crippen LogP contribution in [0, 0.1) is 5.92 Å². The fourth-order valence-electron chi connectivity index (χ4n) is 2.66. The molecule has 10 heteroatoms. The molecule has 2 amide bonds. The largest absolute Gasteiger partial charge is 0.479 e. The average Bonchev–Trinajstić information content (AvgIpc) is 2.70. The number of ether oxygens (including phenoxy) is 1. The third kappa shape index (κ3) is 8.17. The minimum atomic E-state index is -0.896. The van der Waals surface area contributed by atoms with Crippen molar-refractivity contribution in [1.29, 1.82) is 0 Å². The van der Waals surface area contributed by atoms with Crippen molar-refractivity contribution < 1.29 is 14.3 Å². The van der Waals surface area contributed by atoms with Gasteiger partial charge in [0.1, 0.15) is 11.8 Å². The molecule has 0 aromatic heterocycles. The molecule has 0 spiro atoms. The molecule has 2 aromatic carbocycles. The monoisotopic (exact) mass is 517 g/mol. The highest BCUT2D eigenvalue weighted by molar-refractivity contribution is 6.36. The number of hydrogen-bond donors (Lipinski definition) is 2. The SMILES string of the molecule is CC(C)C[C@@H](NC(=O)[C@@H](C)Oc1ccc(Cl)cc1Cl)C(=O)N/N=C\c1ccc(Cl)cc1Cl. The Labute approximate surface area is 207 Å². The number of hydrazone groups is 1. The molecule has 0 aliphatic rings. The summed E-state index contributed by atoms with van der Waals surface area (Å²) in [5, 5.41) is 8.26. The van der Waals surface area contributed by atoms with Crippen molar-refractivity contribution in [2.24, 2.45) is 11.0 Å². The molecule has 0 saturated heterocycles. The highest BCUT2D eigenvalue weighted by atomic mass is 35.5. The molecule has 0 radical (unpaired) electrons. The molecule has 0 aliphatic carbocycles. The van der Waals surface area contributed by atoms with E-state index in [-0.39, 0.29) is 10.9 Å². The van der Waals surface area contributed by atoms with Gasteiger partial charge in [0, 0.05) is 15.6 Å². The fraction of sp³-hybridized carbons (Fsp3) is 0.318. The summed E-state index contributed by atoms with van der Waals surface area (Å²) in [6.07, 6.45) is 0.912. The zero-order valence-electron chi connectivity index (χ0n) is 17.7. The van der Waals surface area contributed by atoms with E-state index >= 15 is 0 Å². The van der Waals surface area contributed by atoms with Crippen molar-refractivity contribution in [3.8, 4) is 5.75 Å². The van der Waals surface area contributed by atoms with Gasteiger partial charge in [0.2, 0.25) is 0 Å². The topological polar surface area (TPSA) is 79.8 Å². The number of hydrogen-bond acceptors (Lipinski definition) is 4. The first-order chi connectivity index (χ1) is 15.1. The lowest BCUT2D eigenvalue weighted by Gasteiger charge is -2.22. The van der Waals surface area contributed by atoms with Crippen molar-refractivity contribution in [3.63, 3.8) is 0 Å². The summed E-state index contributed by atoms with van der Waals surface area (Å²) in [5.41, 5.74) is 3.02. The third-order valence-corrected chi connectivity index (χ3v) is 5.34. The lowest BCUT2D eigenvalue weighted by Crippen LogP contribution is -2.49. The normalized spacial score (nSPS) is 13.1. The van der Waals surface area contributed by atoms with Gasteiger partial charge in [-0.1, -0.05) is 66.3 Å². The number of benzene rings is 2. The van der Waals surface area contributed by atoms with Crippen LogP contribution in [0.3, 0.4) is 0 Å². The molecule has 2 rings (SSSR count). The molecule has 0 heterocycles. The molecule has 2 aromatic rings. The zero-order chi connectivity index (χ0) is 23.8. The van der Waals surface area contributed by atoms with E-state index in [1.54, 1.807) is 37.3 Å². The van der Waals surface area contributed by atoms with Gasteiger partial charge in [0.05, 0.1) is 16.3 Å². The predicted molar refractivity (Wildman–Crippen MR) is 130 cm³/mol. The Bertz CT molecular complexity index is 998. The Balaban J connectivity index is 2.02. The maximum absolute atomic E-state index is 12.6. The number of nitrogens with one attached hydrogen (secondary N) is 2.